The zero-order chi connectivity index (χ0) is 23.3. The lowest BCUT2D eigenvalue weighted by Crippen LogP contribution is -2.23. The smallest absolute Gasteiger partial charge is 0.221 e. The van der Waals surface area contributed by atoms with Gasteiger partial charge in [0.1, 0.15) is 11.5 Å². The van der Waals surface area contributed by atoms with Gasteiger partial charge in [-0.15, -0.1) is 0 Å². The van der Waals surface area contributed by atoms with Gasteiger partial charge in [0.15, 0.2) is 0 Å². The summed E-state index contributed by atoms with van der Waals surface area (Å²) in [5, 5.41) is 6.78. The van der Waals surface area contributed by atoms with Crippen LogP contribution < -0.4 is 20.1 Å². The van der Waals surface area contributed by atoms with Crippen LogP contribution in [0.5, 0.6) is 11.5 Å². The average Bonchev–Trinajstić information content (AvgIpc) is 2.78. The lowest BCUT2D eigenvalue weighted by atomic mass is 10.2. The van der Waals surface area contributed by atoms with Crippen LogP contribution in [0.3, 0.4) is 0 Å². The summed E-state index contributed by atoms with van der Waals surface area (Å²) in [4.78, 5) is 24.0. The molecule has 0 aromatic heterocycles. The topological polar surface area (TPSA) is 76.7 Å². The number of hydrogen-bond donors (Lipinski definition) is 2. The van der Waals surface area contributed by atoms with E-state index >= 15 is 0 Å². The van der Waals surface area contributed by atoms with Crippen molar-refractivity contribution < 1.29 is 19.1 Å². The average molecular weight is 518 g/mol. The van der Waals surface area contributed by atoms with Crippen LogP contribution >= 0.6 is 44.8 Å². The molecule has 6 nitrogen and oxygen atoms in total. The van der Waals surface area contributed by atoms with E-state index in [1.807, 2.05) is 12.1 Å². The van der Waals surface area contributed by atoms with Gasteiger partial charge in [-0.3, -0.25) is 9.59 Å². The molecule has 10 heteroatoms. The number of carbonyl (C=O) groups is 2. The Kier molecular flexibility index (Phi) is 11.9. The maximum Gasteiger partial charge on any atom is 0.221 e. The number of rotatable bonds is 13. The number of amides is 2. The summed E-state index contributed by atoms with van der Waals surface area (Å²) < 4.78 is 10.2. The fourth-order valence-corrected chi connectivity index (χ4v) is 5.15. The molecule has 174 valence electrons. The van der Waals surface area contributed by atoms with E-state index in [4.69, 9.17) is 32.7 Å². The van der Waals surface area contributed by atoms with Gasteiger partial charge in [-0.1, -0.05) is 56.9 Å². The first-order valence-corrected chi connectivity index (χ1v) is 13.1. The van der Waals surface area contributed by atoms with Crippen LogP contribution in [0.15, 0.2) is 36.4 Å². The van der Waals surface area contributed by atoms with Crippen molar-refractivity contribution in [1.82, 2.24) is 10.6 Å². The maximum atomic E-state index is 12.0. The molecule has 32 heavy (non-hydrogen) atoms. The van der Waals surface area contributed by atoms with E-state index in [0.717, 1.165) is 11.1 Å². The normalized spacial score (nSPS) is 10.5. The standard InChI is InChI=1S/C22H26Cl2N2O4S2/c1-29-19-5-3-15(11-17(19)23)13-25-21(27)7-9-31-32-10-8-22(28)26-14-16-4-6-20(30-2)18(24)12-16/h3-6,11-12H,7-10,13-14H2,1-2H3,(H,25,27)(H,26,28). The van der Waals surface area contributed by atoms with Crippen LogP contribution in [-0.2, 0) is 22.7 Å². The second-order valence-electron chi connectivity index (χ2n) is 6.64. The van der Waals surface area contributed by atoms with E-state index in [9.17, 15) is 9.59 Å². The van der Waals surface area contributed by atoms with E-state index in [-0.39, 0.29) is 11.8 Å². The van der Waals surface area contributed by atoms with Crippen LogP contribution in [0.25, 0.3) is 0 Å². The molecule has 0 fully saturated rings. The third-order valence-corrected chi connectivity index (χ3v) is 7.32. The van der Waals surface area contributed by atoms with Crippen LogP contribution in [-0.4, -0.2) is 37.5 Å². The summed E-state index contributed by atoms with van der Waals surface area (Å²) in [5.41, 5.74) is 1.82. The molecule has 2 aromatic carbocycles. The van der Waals surface area contributed by atoms with Crippen LogP contribution in [0.1, 0.15) is 24.0 Å². The number of methoxy groups -OCH3 is 2. The van der Waals surface area contributed by atoms with Crippen molar-refractivity contribution in [3.8, 4) is 11.5 Å². The molecule has 0 saturated heterocycles. The van der Waals surface area contributed by atoms with Gasteiger partial charge in [0, 0.05) is 37.4 Å². The molecule has 2 aromatic rings. The minimum atomic E-state index is -0.0269. The van der Waals surface area contributed by atoms with E-state index < -0.39 is 0 Å². The number of ether oxygens (including phenoxy) is 2. The van der Waals surface area contributed by atoms with Gasteiger partial charge in [0.2, 0.25) is 11.8 Å². The number of halogens is 2. The molecule has 2 rings (SSSR count). The lowest BCUT2D eigenvalue weighted by molar-refractivity contribution is -0.121. The highest BCUT2D eigenvalue weighted by atomic mass is 35.5. The summed E-state index contributed by atoms with van der Waals surface area (Å²) in [6.45, 7) is 0.833. The van der Waals surface area contributed by atoms with Crippen molar-refractivity contribution >= 4 is 56.6 Å². The molecule has 0 spiro atoms. The van der Waals surface area contributed by atoms with Gasteiger partial charge in [-0.05, 0) is 35.4 Å². The van der Waals surface area contributed by atoms with Gasteiger partial charge in [-0.25, -0.2) is 0 Å². The van der Waals surface area contributed by atoms with E-state index in [0.29, 0.717) is 59.0 Å². The molecule has 0 heterocycles. The Morgan fingerprint density at radius 1 is 0.781 bits per heavy atom. The lowest BCUT2D eigenvalue weighted by Gasteiger charge is -2.08. The zero-order valence-corrected chi connectivity index (χ0v) is 21.1. The fourth-order valence-electron chi connectivity index (χ4n) is 2.60. The minimum Gasteiger partial charge on any atom is -0.495 e. The molecular weight excluding hydrogens is 491 g/mol. The molecule has 2 amide bonds. The number of benzene rings is 2. The van der Waals surface area contributed by atoms with Gasteiger partial charge >= 0.3 is 0 Å². The van der Waals surface area contributed by atoms with Crippen LogP contribution in [0, 0.1) is 0 Å². The predicted octanol–water partition coefficient (Wildman–Crippen LogP) is 5.10. The summed E-state index contributed by atoms with van der Waals surface area (Å²) in [5.74, 6) is 2.50. The highest BCUT2D eigenvalue weighted by Gasteiger charge is 2.07. The first-order chi connectivity index (χ1) is 15.4. The number of nitrogens with one attached hydrogen (secondary N) is 2. The Hall–Kier alpha value is -1.74. The predicted molar refractivity (Wildman–Crippen MR) is 134 cm³/mol. The van der Waals surface area contributed by atoms with Crippen molar-refractivity contribution in [3.05, 3.63) is 57.6 Å². The van der Waals surface area contributed by atoms with Crippen LogP contribution in [0.2, 0.25) is 10.0 Å². The highest BCUT2D eigenvalue weighted by molar-refractivity contribution is 8.76. The first kappa shape index (κ1) is 26.5. The molecule has 0 aliphatic rings. The van der Waals surface area contributed by atoms with Crippen molar-refractivity contribution in [2.75, 3.05) is 25.7 Å². The fraction of sp³-hybridized carbons (Fsp3) is 0.364. The monoisotopic (exact) mass is 516 g/mol. The quantitative estimate of drug-likeness (QED) is 0.284. The molecule has 2 N–H and O–H groups in total. The molecule has 0 aliphatic heterocycles. The number of carbonyl (C=O) groups excluding carboxylic acids is 2. The Balaban J connectivity index is 1.53. The van der Waals surface area contributed by atoms with Gasteiger partial charge in [0.05, 0.1) is 24.3 Å². The summed E-state index contributed by atoms with van der Waals surface area (Å²) in [7, 11) is 6.28. The molecule has 0 aliphatic carbocycles. The van der Waals surface area contributed by atoms with Gasteiger partial charge in [0.25, 0.3) is 0 Å². The van der Waals surface area contributed by atoms with Gasteiger partial charge < -0.3 is 20.1 Å². The number of hydrogen-bond acceptors (Lipinski definition) is 6. The van der Waals surface area contributed by atoms with Crippen LogP contribution in [0.4, 0.5) is 0 Å². The molecule has 0 atom stereocenters. The molecular formula is C22H26Cl2N2O4S2. The second kappa shape index (κ2) is 14.4. The highest BCUT2D eigenvalue weighted by Crippen LogP contribution is 2.26. The third kappa shape index (κ3) is 9.40. The SMILES string of the molecule is COc1ccc(CNC(=O)CCSSCCC(=O)NCc2ccc(OC)c(Cl)c2)cc1Cl. The van der Waals surface area contributed by atoms with E-state index in [1.165, 1.54) is 0 Å². The zero-order valence-electron chi connectivity index (χ0n) is 17.9. The first-order valence-electron chi connectivity index (χ1n) is 9.85. The van der Waals surface area contributed by atoms with Crippen molar-refractivity contribution in [2.24, 2.45) is 0 Å². The van der Waals surface area contributed by atoms with Crippen molar-refractivity contribution in [1.29, 1.82) is 0 Å². The Labute approximate surface area is 206 Å². The molecule has 0 radical (unpaired) electrons. The molecule has 0 saturated carbocycles. The van der Waals surface area contributed by atoms with Crippen molar-refractivity contribution in [3.63, 3.8) is 0 Å². The third-order valence-electron chi connectivity index (χ3n) is 4.32. The Bertz CT molecular complexity index is 842. The second-order valence-corrected chi connectivity index (χ2v) is 10.2. The maximum absolute atomic E-state index is 12.0. The Morgan fingerprint density at radius 3 is 1.53 bits per heavy atom. The largest absolute Gasteiger partial charge is 0.495 e. The van der Waals surface area contributed by atoms with E-state index in [2.05, 4.69) is 10.6 Å². The van der Waals surface area contributed by atoms with Gasteiger partial charge in [-0.2, -0.15) is 0 Å². The van der Waals surface area contributed by atoms with E-state index in [1.54, 1.807) is 60.1 Å². The summed E-state index contributed by atoms with van der Waals surface area (Å²) in [6, 6.07) is 10.8. The summed E-state index contributed by atoms with van der Waals surface area (Å²) in [6.07, 6.45) is 0.817. The molecule has 0 bridgehead atoms. The Morgan fingerprint density at radius 2 is 1.19 bits per heavy atom. The summed E-state index contributed by atoms with van der Waals surface area (Å²) >= 11 is 12.2. The van der Waals surface area contributed by atoms with Crippen molar-refractivity contribution in [2.45, 2.75) is 25.9 Å². The molecule has 0 unspecified atom stereocenters. The minimum absolute atomic E-state index is 0.0269.